The predicted molar refractivity (Wildman–Crippen MR) is 73.5 cm³/mol. The van der Waals surface area contributed by atoms with E-state index < -0.39 is 0 Å². The normalized spacial score (nSPS) is 12.4. The van der Waals surface area contributed by atoms with Gasteiger partial charge < -0.3 is 10.1 Å². The molecule has 0 saturated heterocycles. The first kappa shape index (κ1) is 15.0. The first-order valence-electron chi connectivity index (χ1n) is 6.84. The zero-order chi connectivity index (χ0) is 13.2. The molecule has 1 unspecified atom stereocenters. The van der Waals surface area contributed by atoms with Gasteiger partial charge in [-0.2, -0.15) is 0 Å². The van der Waals surface area contributed by atoms with E-state index in [4.69, 9.17) is 4.74 Å². The summed E-state index contributed by atoms with van der Waals surface area (Å²) in [6.45, 7) is 5.64. The molecule has 0 heterocycles. The van der Waals surface area contributed by atoms with Gasteiger partial charge in [-0.25, -0.2) is 4.39 Å². The molecule has 3 heteroatoms. The molecule has 2 nitrogen and oxygen atoms in total. The third-order valence-electron chi connectivity index (χ3n) is 2.93. The van der Waals surface area contributed by atoms with Crippen LogP contribution in [0.3, 0.4) is 0 Å². The number of ether oxygens (including phenoxy) is 1. The van der Waals surface area contributed by atoms with Crippen LogP contribution < -0.4 is 10.1 Å². The molecule has 1 N–H and O–H groups in total. The molecule has 0 radical (unpaired) electrons. The van der Waals surface area contributed by atoms with Crippen molar-refractivity contribution in [1.29, 1.82) is 0 Å². The highest BCUT2D eigenvalue weighted by molar-refractivity contribution is 5.23. The van der Waals surface area contributed by atoms with Crippen LogP contribution in [0.15, 0.2) is 24.3 Å². The number of rotatable bonds is 9. The molecule has 1 aromatic rings. The fraction of sp³-hybridized carbons (Fsp3) is 0.600. The zero-order valence-corrected chi connectivity index (χ0v) is 11.4. The lowest BCUT2D eigenvalue weighted by Crippen LogP contribution is -2.30. The highest BCUT2D eigenvalue weighted by Gasteiger charge is 2.02. The van der Waals surface area contributed by atoms with Gasteiger partial charge in [0.05, 0.1) is 0 Å². The fourth-order valence-electron chi connectivity index (χ4n) is 1.83. The Labute approximate surface area is 110 Å². The van der Waals surface area contributed by atoms with Crippen molar-refractivity contribution < 1.29 is 9.13 Å². The van der Waals surface area contributed by atoms with Crippen molar-refractivity contribution in [1.82, 2.24) is 5.32 Å². The van der Waals surface area contributed by atoms with Crippen LogP contribution >= 0.6 is 0 Å². The SMILES string of the molecule is CCCCCC(C)NCCOc1ccccc1F. The first-order valence-corrected chi connectivity index (χ1v) is 6.84. The maximum Gasteiger partial charge on any atom is 0.165 e. The van der Waals surface area contributed by atoms with Crippen molar-refractivity contribution in [2.45, 2.75) is 45.6 Å². The van der Waals surface area contributed by atoms with Crippen LogP contribution in [0.25, 0.3) is 0 Å². The Bertz CT molecular complexity index is 330. The van der Waals surface area contributed by atoms with E-state index in [0.29, 0.717) is 18.4 Å². The van der Waals surface area contributed by atoms with E-state index in [1.807, 2.05) is 0 Å². The van der Waals surface area contributed by atoms with Gasteiger partial charge in [-0.1, -0.05) is 38.3 Å². The molecule has 0 saturated carbocycles. The first-order chi connectivity index (χ1) is 8.74. The Hall–Kier alpha value is -1.09. The molecule has 1 aromatic carbocycles. The van der Waals surface area contributed by atoms with Gasteiger partial charge in [0.15, 0.2) is 11.6 Å². The smallest absolute Gasteiger partial charge is 0.165 e. The second-order valence-corrected chi connectivity index (χ2v) is 4.63. The molecular formula is C15H24FNO. The summed E-state index contributed by atoms with van der Waals surface area (Å²) in [5.74, 6) is 0.0337. The molecule has 0 aliphatic carbocycles. The Morgan fingerprint density at radius 1 is 1.28 bits per heavy atom. The van der Waals surface area contributed by atoms with E-state index in [1.54, 1.807) is 18.2 Å². The largest absolute Gasteiger partial charge is 0.489 e. The van der Waals surface area contributed by atoms with Crippen LogP contribution in [-0.2, 0) is 0 Å². The molecule has 1 atom stereocenters. The van der Waals surface area contributed by atoms with Crippen LogP contribution in [0.2, 0.25) is 0 Å². The van der Waals surface area contributed by atoms with Crippen LogP contribution in [0.5, 0.6) is 5.75 Å². The van der Waals surface area contributed by atoms with Gasteiger partial charge in [-0.05, 0) is 25.5 Å². The van der Waals surface area contributed by atoms with E-state index in [0.717, 1.165) is 6.54 Å². The fourth-order valence-corrected chi connectivity index (χ4v) is 1.83. The van der Waals surface area contributed by atoms with Crippen molar-refractivity contribution in [3.05, 3.63) is 30.1 Å². The van der Waals surface area contributed by atoms with Gasteiger partial charge in [0.1, 0.15) is 6.61 Å². The van der Waals surface area contributed by atoms with Crippen molar-refractivity contribution in [3.8, 4) is 5.75 Å². The second-order valence-electron chi connectivity index (χ2n) is 4.63. The number of halogens is 1. The zero-order valence-electron chi connectivity index (χ0n) is 11.4. The summed E-state index contributed by atoms with van der Waals surface area (Å²) in [6.07, 6.45) is 4.99. The van der Waals surface area contributed by atoms with Gasteiger partial charge in [0.25, 0.3) is 0 Å². The van der Waals surface area contributed by atoms with Crippen LogP contribution in [0, 0.1) is 5.82 Å². The second kappa shape index (κ2) is 8.92. The molecule has 102 valence electrons. The van der Waals surface area contributed by atoms with E-state index in [2.05, 4.69) is 19.2 Å². The van der Waals surface area contributed by atoms with Crippen molar-refractivity contribution in [2.24, 2.45) is 0 Å². The lowest BCUT2D eigenvalue weighted by atomic mass is 10.1. The Morgan fingerprint density at radius 2 is 2.06 bits per heavy atom. The molecule has 0 spiro atoms. The van der Waals surface area contributed by atoms with Gasteiger partial charge >= 0.3 is 0 Å². The maximum absolute atomic E-state index is 13.2. The number of para-hydroxylation sites is 1. The van der Waals surface area contributed by atoms with E-state index in [-0.39, 0.29) is 5.82 Å². The Kier molecular flexibility index (Phi) is 7.42. The van der Waals surface area contributed by atoms with Crippen LogP contribution in [0.4, 0.5) is 4.39 Å². The molecule has 0 aliphatic rings. The topological polar surface area (TPSA) is 21.3 Å². The third-order valence-corrected chi connectivity index (χ3v) is 2.93. The predicted octanol–water partition coefficient (Wildman–Crippen LogP) is 3.76. The number of hydrogen-bond donors (Lipinski definition) is 1. The molecule has 1 rings (SSSR count). The summed E-state index contributed by atoms with van der Waals surface area (Å²) in [4.78, 5) is 0. The van der Waals surface area contributed by atoms with Gasteiger partial charge in [0.2, 0.25) is 0 Å². The summed E-state index contributed by atoms with van der Waals surface area (Å²) >= 11 is 0. The lowest BCUT2D eigenvalue weighted by molar-refractivity contribution is 0.290. The van der Waals surface area contributed by atoms with Gasteiger partial charge in [-0.15, -0.1) is 0 Å². The minimum atomic E-state index is -0.298. The number of nitrogens with one attached hydrogen (secondary N) is 1. The Balaban J connectivity index is 2.09. The minimum Gasteiger partial charge on any atom is -0.489 e. The summed E-state index contributed by atoms with van der Waals surface area (Å²) < 4.78 is 18.6. The standard InChI is InChI=1S/C15H24FNO/c1-3-4-5-8-13(2)17-11-12-18-15-10-7-6-9-14(15)16/h6-7,9-10,13,17H,3-5,8,11-12H2,1-2H3. The highest BCUT2D eigenvalue weighted by Crippen LogP contribution is 2.14. The summed E-state index contributed by atoms with van der Waals surface area (Å²) in [7, 11) is 0. The number of hydrogen-bond acceptors (Lipinski definition) is 2. The maximum atomic E-state index is 13.2. The van der Waals surface area contributed by atoms with E-state index in [1.165, 1.54) is 31.7 Å². The van der Waals surface area contributed by atoms with E-state index >= 15 is 0 Å². The molecular weight excluding hydrogens is 229 g/mol. The van der Waals surface area contributed by atoms with Gasteiger partial charge in [-0.3, -0.25) is 0 Å². The van der Waals surface area contributed by atoms with Crippen molar-refractivity contribution in [3.63, 3.8) is 0 Å². The molecule has 0 fully saturated rings. The number of unbranched alkanes of at least 4 members (excludes halogenated alkanes) is 2. The minimum absolute atomic E-state index is 0.298. The average molecular weight is 253 g/mol. The molecule has 0 amide bonds. The highest BCUT2D eigenvalue weighted by atomic mass is 19.1. The molecule has 18 heavy (non-hydrogen) atoms. The quantitative estimate of drug-likeness (QED) is 0.676. The number of benzene rings is 1. The Morgan fingerprint density at radius 3 is 2.78 bits per heavy atom. The third kappa shape index (κ3) is 6.01. The lowest BCUT2D eigenvalue weighted by Gasteiger charge is -2.14. The van der Waals surface area contributed by atoms with Gasteiger partial charge in [0, 0.05) is 12.6 Å². The van der Waals surface area contributed by atoms with Crippen molar-refractivity contribution in [2.75, 3.05) is 13.2 Å². The molecule has 0 bridgehead atoms. The molecule has 0 aliphatic heterocycles. The average Bonchev–Trinajstić information content (AvgIpc) is 2.37. The monoisotopic (exact) mass is 253 g/mol. The summed E-state index contributed by atoms with van der Waals surface area (Å²) in [5, 5.41) is 3.38. The molecule has 0 aromatic heterocycles. The summed E-state index contributed by atoms with van der Waals surface area (Å²) in [6, 6.07) is 7.01. The van der Waals surface area contributed by atoms with E-state index in [9.17, 15) is 4.39 Å². The van der Waals surface area contributed by atoms with Crippen LogP contribution in [-0.4, -0.2) is 19.2 Å². The van der Waals surface area contributed by atoms with Crippen LogP contribution in [0.1, 0.15) is 39.5 Å². The van der Waals surface area contributed by atoms with Crippen molar-refractivity contribution >= 4 is 0 Å². The summed E-state index contributed by atoms with van der Waals surface area (Å²) in [5.41, 5.74) is 0.